The van der Waals surface area contributed by atoms with E-state index in [1.807, 2.05) is 0 Å². The van der Waals surface area contributed by atoms with Crippen molar-refractivity contribution in [3.63, 3.8) is 0 Å². The summed E-state index contributed by atoms with van der Waals surface area (Å²) in [5.41, 5.74) is -0.0582. The van der Waals surface area contributed by atoms with Gasteiger partial charge >= 0.3 is 12.2 Å². The van der Waals surface area contributed by atoms with Gasteiger partial charge in [0, 0.05) is 13.1 Å². The zero-order valence-electron chi connectivity index (χ0n) is 16.6. The van der Waals surface area contributed by atoms with E-state index in [2.05, 4.69) is 5.32 Å². The van der Waals surface area contributed by atoms with Crippen LogP contribution in [0.2, 0.25) is 0 Å². The Morgan fingerprint density at radius 2 is 2.03 bits per heavy atom. The SMILES string of the molecule is Cc1ccc(COC2CN(C(=O)N3CC[C@@H]4OCC(=O)N[C@@H]4C3)C2)c(C(F)(F)F)c1. The van der Waals surface area contributed by atoms with Crippen LogP contribution < -0.4 is 5.32 Å². The Morgan fingerprint density at radius 1 is 1.27 bits per heavy atom. The Hall–Kier alpha value is -2.33. The number of halogens is 3. The van der Waals surface area contributed by atoms with Crippen LogP contribution in [-0.4, -0.2) is 72.8 Å². The Morgan fingerprint density at radius 3 is 2.77 bits per heavy atom. The lowest BCUT2D eigenvalue weighted by Gasteiger charge is -2.46. The minimum atomic E-state index is -4.43. The van der Waals surface area contributed by atoms with Gasteiger partial charge < -0.3 is 24.6 Å². The molecule has 0 spiro atoms. The van der Waals surface area contributed by atoms with Crippen LogP contribution >= 0.6 is 0 Å². The number of benzene rings is 1. The molecule has 1 N–H and O–H groups in total. The molecule has 3 fully saturated rings. The standard InChI is InChI=1S/C20H24F3N3O4/c1-12-2-3-13(15(6-12)20(21,22)23)10-29-14-7-26(8-14)19(28)25-5-4-17-16(9-25)24-18(27)11-30-17/h2-3,6,14,16-17H,4-5,7-11H2,1H3,(H,24,27)/t16-,17+/m1/s1. The third-order valence-electron chi connectivity index (χ3n) is 5.76. The Labute approximate surface area is 172 Å². The zero-order valence-corrected chi connectivity index (χ0v) is 16.6. The molecule has 3 aliphatic heterocycles. The molecule has 0 radical (unpaired) electrons. The number of nitrogens with one attached hydrogen (secondary N) is 1. The van der Waals surface area contributed by atoms with Crippen molar-refractivity contribution in [2.45, 2.75) is 44.4 Å². The third-order valence-corrected chi connectivity index (χ3v) is 5.76. The first-order chi connectivity index (χ1) is 14.2. The van der Waals surface area contributed by atoms with Gasteiger partial charge in [-0.3, -0.25) is 4.79 Å². The second kappa shape index (κ2) is 8.07. The van der Waals surface area contributed by atoms with Crippen molar-refractivity contribution in [2.24, 2.45) is 0 Å². The van der Waals surface area contributed by atoms with Crippen molar-refractivity contribution >= 4 is 11.9 Å². The minimum Gasteiger partial charge on any atom is -0.370 e. The number of morpholine rings is 1. The lowest BCUT2D eigenvalue weighted by molar-refractivity contribution is -0.141. The fourth-order valence-corrected chi connectivity index (χ4v) is 4.06. The fraction of sp³-hybridized carbons (Fsp3) is 0.600. The van der Waals surface area contributed by atoms with Crippen molar-refractivity contribution in [3.8, 4) is 0 Å². The monoisotopic (exact) mass is 427 g/mol. The molecule has 3 saturated heterocycles. The van der Waals surface area contributed by atoms with Crippen LogP contribution in [-0.2, 0) is 27.1 Å². The molecule has 4 rings (SSSR count). The second-order valence-corrected chi connectivity index (χ2v) is 8.04. The van der Waals surface area contributed by atoms with Crippen LogP contribution in [0, 0.1) is 6.92 Å². The first-order valence-electron chi connectivity index (χ1n) is 9.94. The maximum atomic E-state index is 13.2. The molecule has 0 saturated carbocycles. The van der Waals surface area contributed by atoms with Crippen LogP contribution in [0.3, 0.4) is 0 Å². The summed E-state index contributed by atoms with van der Waals surface area (Å²) in [5.74, 6) is -0.183. The summed E-state index contributed by atoms with van der Waals surface area (Å²) in [4.78, 5) is 27.5. The summed E-state index contributed by atoms with van der Waals surface area (Å²) in [6.45, 7) is 3.10. The Kier molecular flexibility index (Phi) is 5.63. The second-order valence-electron chi connectivity index (χ2n) is 8.04. The highest BCUT2D eigenvalue weighted by molar-refractivity contribution is 5.79. The van der Waals surface area contributed by atoms with Gasteiger partial charge in [-0.25, -0.2) is 4.79 Å². The number of likely N-dealkylation sites (tertiary alicyclic amines) is 2. The molecule has 1 aromatic rings. The molecule has 3 heterocycles. The molecule has 0 unspecified atom stereocenters. The van der Waals surface area contributed by atoms with Crippen molar-refractivity contribution in [1.29, 1.82) is 0 Å². The van der Waals surface area contributed by atoms with E-state index in [1.165, 1.54) is 6.07 Å². The van der Waals surface area contributed by atoms with Gasteiger partial charge in [0.15, 0.2) is 0 Å². The number of urea groups is 1. The summed E-state index contributed by atoms with van der Waals surface area (Å²) < 4.78 is 50.8. The summed E-state index contributed by atoms with van der Waals surface area (Å²) in [5, 5.41) is 2.85. The molecule has 1 aromatic carbocycles. The number of carbonyl (C=O) groups is 2. The molecule has 3 aliphatic rings. The number of amides is 3. The largest absolute Gasteiger partial charge is 0.416 e. The van der Waals surface area contributed by atoms with Gasteiger partial charge in [0.1, 0.15) is 6.61 Å². The van der Waals surface area contributed by atoms with E-state index in [0.29, 0.717) is 38.2 Å². The molecule has 0 aliphatic carbocycles. The van der Waals surface area contributed by atoms with Crippen LogP contribution in [0.4, 0.5) is 18.0 Å². The Bertz CT molecular complexity index is 826. The molecule has 0 bridgehead atoms. The topological polar surface area (TPSA) is 71.1 Å². The maximum Gasteiger partial charge on any atom is 0.416 e. The molecule has 164 valence electrons. The number of aryl methyl sites for hydroxylation is 1. The van der Waals surface area contributed by atoms with E-state index in [0.717, 1.165) is 6.07 Å². The van der Waals surface area contributed by atoms with E-state index >= 15 is 0 Å². The van der Waals surface area contributed by atoms with Gasteiger partial charge in [-0.05, 0) is 25.0 Å². The highest BCUT2D eigenvalue weighted by Crippen LogP contribution is 2.33. The smallest absolute Gasteiger partial charge is 0.370 e. The Balaban J connectivity index is 1.27. The normalized spacial score (nSPS) is 24.9. The molecular weight excluding hydrogens is 403 g/mol. The molecule has 3 amide bonds. The van der Waals surface area contributed by atoms with Crippen molar-refractivity contribution in [3.05, 3.63) is 34.9 Å². The van der Waals surface area contributed by atoms with Gasteiger partial charge in [-0.15, -0.1) is 0 Å². The van der Waals surface area contributed by atoms with E-state index < -0.39 is 11.7 Å². The average molecular weight is 427 g/mol. The predicted molar refractivity (Wildman–Crippen MR) is 99.6 cm³/mol. The molecule has 30 heavy (non-hydrogen) atoms. The summed E-state index contributed by atoms with van der Waals surface area (Å²) in [6, 6.07) is 3.82. The number of nitrogens with zero attached hydrogens (tertiary/aromatic N) is 2. The number of hydrogen-bond donors (Lipinski definition) is 1. The van der Waals surface area contributed by atoms with Crippen molar-refractivity contribution in [2.75, 3.05) is 32.8 Å². The lowest BCUT2D eigenvalue weighted by atomic mass is 10.0. The molecule has 7 nitrogen and oxygen atoms in total. The first-order valence-corrected chi connectivity index (χ1v) is 9.94. The minimum absolute atomic E-state index is 0.0529. The van der Waals surface area contributed by atoms with E-state index in [9.17, 15) is 22.8 Å². The summed E-state index contributed by atoms with van der Waals surface area (Å²) >= 11 is 0. The average Bonchev–Trinajstić information content (AvgIpc) is 2.66. The number of fused-ring (bicyclic) bond motifs is 1. The van der Waals surface area contributed by atoms with Crippen LogP contribution in [0.5, 0.6) is 0 Å². The molecule has 0 aromatic heterocycles. The number of carbonyl (C=O) groups excluding carboxylic acids is 2. The number of ether oxygens (including phenoxy) is 2. The van der Waals surface area contributed by atoms with E-state index in [4.69, 9.17) is 9.47 Å². The summed E-state index contributed by atoms with van der Waals surface area (Å²) in [7, 11) is 0. The van der Waals surface area contributed by atoms with Crippen LogP contribution in [0.25, 0.3) is 0 Å². The fourth-order valence-electron chi connectivity index (χ4n) is 4.06. The van der Waals surface area contributed by atoms with Gasteiger partial charge in [-0.2, -0.15) is 13.2 Å². The van der Waals surface area contributed by atoms with Crippen LogP contribution in [0.15, 0.2) is 18.2 Å². The number of alkyl halides is 3. The lowest BCUT2D eigenvalue weighted by Crippen LogP contribution is -2.65. The zero-order chi connectivity index (χ0) is 21.5. The number of piperidine rings is 1. The van der Waals surface area contributed by atoms with Gasteiger partial charge in [0.05, 0.1) is 43.5 Å². The van der Waals surface area contributed by atoms with E-state index in [1.54, 1.807) is 22.8 Å². The first kappa shape index (κ1) is 20.9. The van der Waals surface area contributed by atoms with Crippen molar-refractivity contribution < 1.29 is 32.2 Å². The molecule has 10 heteroatoms. The van der Waals surface area contributed by atoms with Crippen molar-refractivity contribution in [1.82, 2.24) is 15.1 Å². The van der Waals surface area contributed by atoms with Gasteiger partial charge in [0.2, 0.25) is 5.91 Å². The quantitative estimate of drug-likeness (QED) is 0.800. The predicted octanol–water partition coefficient (Wildman–Crippen LogP) is 1.92. The molecule has 2 atom stereocenters. The van der Waals surface area contributed by atoms with Crippen LogP contribution in [0.1, 0.15) is 23.1 Å². The summed E-state index contributed by atoms with van der Waals surface area (Å²) in [6.07, 6.45) is -4.16. The number of rotatable bonds is 3. The van der Waals surface area contributed by atoms with Gasteiger partial charge in [-0.1, -0.05) is 17.7 Å². The highest BCUT2D eigenvalue weighted by Gasteiger charge is 2.40. The maximum absolute atomic E-state index is 13.2. The van der Waals surface area contributed by atoms with Gasteiger partial charge in [0.25, 0.3) is 0 Å². The van der Waals surface area contributed by atoms with E-state index in [-0.39, 0.29) is 49.0 Å². The molecular formula is C20H24F3N3O4. The third kappa shape index (κ3) is 4.39. The highest BCUT2D eigenvalue weighted by atomic mass is 19.4. The number of hydrogen-bond acceptors (Lipinski definition) is 4.